The topological polar surface area (TPSA) is 71.0 Å². The fourth-order valence-corrected chi connectivity index (χ4v) is 4.16. The van der Waals surface area contributed by atoms with Crippen molar-refractivity contribution in [1.29, 1.82) is 0 Å². The number of nitrogens with zero attached hydrogens (tertiary/aromatic N) is 2. The van der Waals surface area contributed by atoms with E-state index in [1.165, 1.54) is 16.7 Å². The second kappa shape index (κ2) is 9.27. The maximum Gasteiger partial charge on any atom is 0.194 e. The molecular formula is C21H35N3O3S. The lowest BCUT2D eigenvalue weighted by atomic mass is 10.00. The van der Waals surface area contributed by atoms with Crippen molar-refractivity contribution in [3.8, 4) is 0 Å². The van der Waals surface area contributed by atoms with Crippen molar-refractivity contribution in [2.24, 2.45) is 4.99 Å². The van der Waals surface area contributed by atoms with Gasteiger partial charge in [-0.25, -0.2) is 8.42 Å². The molecule has 28 heavy (non-hydrogen) atoms. The van der Waals surface area contributed by atoms with Crippen LogP contribution in [0.2, 0.25) is 0 Å². The van der Waals surface area contributed by atoms with Crippen LogP contribution in [-0.4, -0.2) is 62.6 Å². The van der Waals surface area contributed by atoms with Gasteiger partial charge in [-0.2, -0.15) is 0 Å². The number of hydrogen-bond donors (Lipinski definition) is 1. The van der Waals surface area contributed by atoms with Crippen molar-refractivity contribution in [2.45, 2.75) is 52.4 Å². The summed E-state index contributed by atoms with van der Waals surface area (Å²) < 4.78 is 30.0. The number of ether oxygens (including phenoxy) is 1. The molecule has 6 nitrogen and oxygen atoms in total. The van der Waals surface area contributed by atoms with E-state index in [2.05, 4.69) is 47.3 Å². The van der Waals surface area contributed by atoms with Gasteiger partial charge in [0.15, 0.2) is 15.8 Å². The first-order valence-electron chi connectivity index (χ1n) is 9.99. The highest BCUT2D eigenvalue weighted by Crippen LogP contribution is 2.26. The standard InChI is InChI=1S/C21H35N3O3S/c1-7-22-20(23-10-13-28(25,26)21(4,5)6)24-11-12-27-19(15-24)18-9-8-16(2)14-17(18)3/h8-9,14,19H,7,10-13,15H2,1-6H3,(H,22,23). The molecule has 0 aliphatic carbocycles. The SMILES string of the molecule is CCNC(=NCCS(=O)(=O)C(C)(C)C)N1CCOC(c2ccc(C)cc2C)C1. The van der Waals surface area contributed by atoms with Crippen LogP contribution in [0.25, 0.3) is 0 Å². The molecule has 2 rings (SSSR count). The van der Waals surface area contributed by atoms with E-state index in [0.717, 1.165) is 19.0 Å². The number of morpholine rings is 1. The summed E-state index contributed by atoms with van der Waals surface area (Å²) >= 11 is 0. The Hall–Kier alpha value is -1.60. The fraction of sp³-hybridized carbons (Fsp3) is 0.667. The zero-order valence-electron chi connectivity index (χ0n) is 18.1. The van der Waals surface area contributed by atoms with E-state index in [0.29, 0.717) is 13.2 Å². The van der Waals surface area contributed by atoms with Gasteiger partial charge in [-0.15, -0.1) is 0 Å². The number of guanidine groups is 1. The van der Waals surface area contributed by atoms with Crippen LogP contribution in [0.5, 0.6) is 0 Å². The maximum atomic E-state index is 12.3. The quantitative estimate of drug-likeness (QED) is 0.598. The van der Waals surface area contributed by atoms with E-state index in [4.69, 9.17) is 4.74 Å². The predicted octanol–water partition coefficient (Wildman–Crippen LogP) is 2.86. The van der Waals surface area contributed by atoms with E-state index in [-0.39, 0.29) is 18.4 Å². The van der Waals surface area contributed by atoms with Gasteiger partial charge in [-0.3, -0.25) is 4.99 Å². The Bertz CT molecular complexity index is 798. The molecule has 0 saturated carbocycles. The number of aliphatic imine (C=N–C) groups is 1. The summed E-state index contributed by atoms with van der Waals surface area (Å²) in [5.41, 5.74) is 3.66. The Morgan fingerprint density at radius 3 is 2.64 bits per heavy atom. The highest BCUT2D eigenvalue weighted by Gasteiger charge is 2.29. The fourth-order valence-electron chi connectivity index (χ4n) is 3.22. The molecule has 0 radical (unpaired) electrons. The van der Waals surface area contributed by atoms with Gasteiger partial charge < -0.3 is 15.0 Å². The first-order chi connectivity index (χ1) is 13.0. The molecule has 158 valence electrons. The molecule has 1 fully saturated rings. The van der Waals surface area contributed by atoms with Gasteiger partial charge in [-0.1, -0.05) is 23.8 Å². The summed E-state index contributed by atoms with van der Waals surface area (Å²) in [4.78, 5) is 6.76. The lowest BCUT2D eigenvalue weighted by Crippen LogP contribution is -2.48. The number of sulfone groups is 1. The van der Waals surface area contributed by atoms with Crippen molar-refractivity contribution < 1.29 is 13.2 Å². The summed E-state index contributed by atoms with van der Waals surface area (Å²) in [6.45, 7) is 14.4. The monoisotopic (exact) mass is 409 g/mol. The van der Waals surface area contributed by atoms with Gasteiger partial charge in [-0.05, 0) is 52.7 Å². The molecule has 1 saturated heterocycles. The minimum Gasteiger partial charge on any atom is -0.370 e. The molecule has 1 aromatic rings. The van der Waals surface area contributed by atoms with Crippen molar-refractivity contribution in [2.75, 3.05) is 38.5 Å². The summed E-state index contributed by atoms with van der Waals surface area (Å²) in [5, 5.41) is 3.30. The maximum absolute atomic E-state index is 12.3. The number of aryl methyl sites for hydroxylation is 2. The van der Waals surface area contributed by atoms with Crippen LogP contribution in [0.4, 0.5) is 0 Å². The largest absolute Gasteiger partial charge is 0.370 e. The van der Waals surface area contributed by atoms with Crippen LogP contribution in [0.3, 0.4) is 0 Å². The lowest BCUT2D eigenvalue weighted by Gasteiger charge is -2.36. The van der Waals surface area contributed by atoms with Gasteiger partial charge in [0.05, 0.1) is 30.2 Å². The Morgan fingerprint density at radius 1 is 1.32 bits per heavy atom. The third-order valence-corrected chi connectivity index (χ3v) is 7.61. The molecule has 0 bridgehead atoms. The highest BCUT2D eigenvalue weighted by atomic mass is 32.2. The average Bonchev–Trinajstić information content (AvgIpc) is 2.60. The molecule has 1 aromatic carbocycles. The van der Waals surface area contributed by atoms with Crippen LogP contribution in [0.15, 0.2) is 23.2 Å². The van der Waals surface area contributed by atoms with E-state index < -0.39 is 14.6 Å². The molecule has 7 heteroatoms. The van der Waals surface area contributed by atoms with Gasteiger partial charge >= 0.3 is 0 Å². The van der Waals surface area contributed by atoms with Crippen LogP contribution in [-0.2, 0) is 14.6 Å². The van der Waals surface area contributed by atoms with Crippen LogP contribution in [0.1, 0.15) is 50.5 Å². The van der Waals surface area contributed by atoms with Gasteiger partial charge in [0.2, 0.25) is 0 Å². The second-order valence-electron chi connectivity index (χ2n) is 8.33. The number of nitrogens with one attached hydrogen (secondary N) is 1. The number of benzene rings is 1. The van der Waals surface area contributed by atoms with Crippen molar-refractivity contribution in [1.82, 2.24) is 10.2 Å². The van der Waals surface area contributed by atoms with E-state index in [1.807, 2.05) is 6.92 Å². The Labute approximate surface area is 170 Å². The molecule has 0 amide bonds. The van der Waals surface area contributed by atoms with Crippen molar-refractivity contribution in [3.05, 3.63) is 34.9 Å². The normalized spacial score (nSPS) is 19.0. The van der Waals surface area contributed by atoms with Gasteiger partial charge in [0.25, 0.3) is 0 Å². The highest BCUT2D eigenvalue weighted by molar-refractivity contribution is 7.92. The van der Waals surface area contributed by atoms with Crippen molar-refractivity contribution >= 4 is 15.8 Å². The van der Waals surface area contributed by atoms with E-state index in [9.17, 15) is 8.42 Å². The van der Waals surface area contributed by atoms with E-state index >= 15 is 0 Å². The molecule has 0 aromatic heterocycles. The minimum atomic E-state index is -3.18. The lowest BCUT2D eigenvalue weighted by molar-refractivity contribution is -0.00832. The van der Waals surface area contributed by atoms with Crippen LogP contribution >= 0.6 is 0 Å². The zero-order chi connectivity index (χ0) is 20.9. The molecule has 0 spiro atoms. The number of hydrogen-bond acceptors (Lipinski definition) is 4. The summed E-state index contributed by atoms with van der Waals surface area (Å²) in [6.07, 6.45) is -0.0171. The predicted molar refractivity (Wildman–Crippen MR) is 116 cm³/mol. The Balaban J connectivity index is 2.12. The third-order valence-electron chi connectivity index (χ3n) is 5.03. The Morgan fingerprint density at radius 2 is 2.04 bits per heavy atom. The molecule has 1 N–H and O–H groups in total. The minimum absolute atomic E-state index is 0.0171. The summed E-state index contributed by atoms with van der Waals surface area (Å²) in [7, 11) is -3.18. The molecule has 1 unspecified atom stereocenters. The van der Waals surface area contributed by atoms with Gasteiger partial charge in [0, 0.05) is 13.1 Å². The Kier molecular flexibility index (Phi) is 7.51. The van der Waals surface area contributed by atoms with Gasteiger partial charge in [0.1, 0.15) is 6.10 Å². The smallest absolute Gasteiger partial charge is 0.194 e. The zero-order valence-corrected chi connectivity index (χ0v) is 18.9. The molecule has 1 aliphatic heterocycles. The second-order valence-corrected chi connectivity index (χ2v) is 11.2. The first kappa shape index (κ1) is 22.7. The van der Waals surface area contributed by atoms with E-state index in [1.54, 1.807) is 20.8 Å². The van der Waals surface area contributed by atoms with Crippen LogP contribution < -0.4 is 5.32 Å². The molecule has 1 aliphatic rings. The average molecular weight is 410 g/mol. The summed E-state index contributed by atoms with van der Waals surface area (Å²) in [6, 6.07) is 6.42. The van der Waals surface area contributed by atoms with Crippen molar-refractivity contribution in [3.63, 3.8) is 0 Å². The van der Waals surface area contributed by atoms with Crippen LogP contribution in [0, 0.1) is 13.8 Å². The summed E-state index contributed by atoms with van der Waals surface area (Å²) in [5.74, 6) is 0.806. The third kappa shape index (κ3) is 5.70. The number of rotatable bonds is 5. The first-order valence-corrected chi connectivity index (χ1v) is 11.6. The molecular weight excluding hydrogens is 374 g/mol. The molecule has 1 heterocycles. The molecule has 1 atom stereocenters.